The van der Waals surface area contributed by atoms with Crippen LogP contribution < -0.4 is 5.32 Å². The number of hydrogen-bond acceptors (Lipinski definition) is 1. The molecule has 2 aromatic carbocycles. The van der Waals surface area contributed by atoms with E-state index in [0.717, 1.165) is 31.2 Å². The Morgan fingerprint density at radius 1 is 0.885 bits per heavy atom. The Morgan fingerprint density at radius 2 is 1.42 bits per heavy atom. The molecule has 0 aromatic heterocycles. The van der Waals surface area contributed by atoms with Gasteiger partial charge in [-0.2, -0.15) is 0 Å². The van der Waals surface area contributed by atoms with Crippen LogP contribution in [0.25, 0.3) is 0 Å². The van der Waals surface area contributed by atoms with Gasteiger partial charge in [-0.25, -0.2) is 22.0 Å². The standard InChI is InChI=1S/C19H16F5NO/c1-9(11-7-6-10-4-2-3-5-12(10)8-11)25-19(26)13-14(20)16(22)18(24)17(23)15(13)21/h6-9H,2-5H2,1H3,(H,25,26). The number of carbonyl (C=O) groups is 1. The summed E-state index contributed by atoms with van der Waals surface area (Å²) in [5.41, 5.74) is 1.58. The molecule has 0 saturated heterocycles. The Balaban J connectivity index is 1.87. The normalized spacial score (nSPS) is 14.7. The van der Waals surface area contributed by atoms with Crippen LogP contribution in [-0.2, 0) is 12.8 Å². The first-order valence-electron chi connectivity index (χ1n) is 8.25. The first-order valence-corrected chi connectivity index (χ1v) is 8.25. The Hall–Kier alpha value is -2.44. The van der Waals surface area contributed by atoms with Gasteiger partial charge in [-0.15, -0.1) is 0 Å². The monoisotopic (exact) mass is 369 g/mol. The van der Waals surface area contributed by atoms with Crippen molar-refractivity contribution < 1.29 is 26.7 Å². The average molecular weight is 369 g/mol. The lowest BCUT2D eigenvalue weighted by atomic mass is 9.89. The van der Waals surface area contributed by atoms with Gasteiger partial charge in [0.05, 0.1) is 6.04 Å². The summed E-state index contributed by atoms with van der Waals surface area (Å²) in [5.74, 6) is -12.2. The molecule has 0 aliphatic heterocycles. The van der Waals surface area contributed by atoms with Gasteiger partial charge in [0.25, 0.3) is 5.91 Å². The van der Waals surface area contributed by atoms with Crippen LogP contribution in [0, 0.1) is 29.1 Å². The van der Waals surface area contributed by atoms with Crippen molar-refractivity contribution in [3.63, 3.8) is 0 Å². The maximum atomic E-state index is 13.7. The van der Waals surface area contributed by atoms with Gasteiger partial charge in [-0.1, -0.05) is 18.2 Å². The number of aryl methyl sites for hydroxylation is 2. The van der Waals surface area contributed by atoms with Crippen LogP contribution in [-0.4, -0.2) is 5.91 Å². The summed E-state index contributed by atoms with van der Waals surface area (Å²) < 4.78 is 67.1. The Kier molecular flexibility index (Phi) is 4.98. The summed E-state index contributed by atoms with van der Waals surface area (Å²) in [7, 11) is 0. The quantitative estimate of drug-likeness (QED) is 0.472. The van der Waals surface area contributed by atoms with Gasteiger partial charge in [0.2, 0.25) is 5.82 Å². The molecule has 1 aliphatic rings. The molecule has 1 unspecified atom stereocenters. The maximum absolute atomic E-state index is 13.7. The number of nitrogens with one attached hydrogen (secondary N) is 1. The second-order valence-corrected chi connectivity index (χ2v) is 6.38. The number of benzene rings is 2. The summed E-state index contributed by atoms with van der Waals surface area (Å²) in [4.78, 5) is 12.1. The molecule has 0 bridgehead atoms. The molecule has 3 rings (SSSR count). The van der Waals surface area contributed by atoms with Gasteiger partial charge in [-0.05, 0) is 49.3 Å². The molecule has 0 radical (unpaired) electrons. The number of rotatable bonds is 3. The Bertz CT molecular complexity index is 852. The van der Waals surface area contributed by atoms with Gasteiger partial charge in [0, 0.05) is 0 Å². The third-order valence-corrected chi connectivity index (χ3v) is 4.66. The molecule has 1 N–H and O–H groups in total. The van der Waals surface area contributed by atoms with E-state index in [1.165, 1.54) is 5.56 Å². The van der Waals surface area contributed by atoms with Crippen molar-refractivity contribution in [2.24, 2.45) is 0 Å². The predicted octanol–water partition coefficient (Wildman–Crippen LogP) is 4.75. The average Bonchev–Trinajstić information content (AvgIpc) is 2.64. The molecule has 0 heterocycles. The molecular formula is C19H16F5NO. The highest BCUT2D eigenvalue weighted by Gasteiger charge is 2.30. The lowest BCUT2D eigenvalue weighted by Gasteiger charge is -2.20. The minimum absolute atomic E-state index is 0.662. The van der Waals surface area contributed by atoms with E-state index in [4.69, 9.17) is 0 Å². The van der Waals surface area contributed by atoms with Crippen molar-refractivity contribution >= 4 is 5.91 Å². The predicted molar refractivity (Wildman–Crippen MR) is 85.2 cm³/mol. The number of halogens is 5. The molecule has 0 saturated carbocycles. The van der Waals surface area contributed by atoms with E-state index in [0.29, 0.717) is 5.56 Å². The molecule has 0 fully saturated rings. The molecule has 2 aromatic rings. The van der Waals surface area contributed by atoms with E-state index >= 15 is 0 Å². The van der Waals surface area contributed by atoms with Crippen molar-refractivity contribution in [3.05, 3.63) is 69.5 Å². The Labute approximate surface area is 147 Å². The van der Waals surface area contributed by atoms with Gasteiger partial charge in [-0.3, -0.25) is 4.79 Å². The number of amides is 1. The number of carbonyl (C=O) groups excluding carboxylic acids is 1. The van der Waals surface area contributed by atoms with Crippen LogP contribution in [0.15, 0.2) is 18.2 Å². The molecule has 1 amide bonds. The van der Waals surface area contributed by atoms with E-state index < -0.39 is 46.6 Å². The summed E-state index contributed by atoms with van der Waals surface area (Å²) in [6.45, 7) is 1.58. The lowest BCUT2D eigenvalue weighted by Crippen LogP contribution is -2.29. The molecule has 26 heavy (non-hydrogen) atoms. The zero-order valence-electron chi connectivity index (χ0n) is 13.9. The molecule has 0 spiro atoms. The first kappa shape index (κ1) is 18.4. The smallest absolute Gasteiger partial charge is 0.257 e. The molecule has 138 valence electrons. The van der Waals surface area contributed by atoms with E-state index in [-0.39, 0.29) is 0 Å². The second kappa shape index (κ2) is 7.05. The molecule has 7 heteroatoms. The van der Waals surface area contributed by atoms with Crippen molar-refractivity contribution in [1.29, 1.82) is 0 Å². The molecular weight excluding hydrogens is 353 g/mol. The van der Waals surface area contributed by atoms with E-state index in [1.54, 1.807) is 13.0 Å². The minimum Gasteiger partial charge on any atom is -0.345 e. The fraction of sp³-hybridized carbons (Fsp3) is 0.316. The third kappa shape index (κ3) is 3.18. The zero-order valence-corrected chi connectivity index (χ0v) is 13.9. The van der Waals surface area contributed by atoms with Crippen LogP contribution in [0.1, 0.15) is 52.9 Å². The molecule has 1 atom stereocenters. The van der Waals surface area contributed by atoms with Crippen LogP contribution in [0.4, 0.5) is 22.0 Å². The highest BCUT2D eigenvalue weighted by Crippen LogP contribution is 2.26. The van der Waals surface area contributed by atoms with Gasteiger partial charge in [0.1, 0.15) is 5.56 Å². The topological polar surface area (TPSA) is 29.1 Å². The highest BCUT2D eigenvalue weighted by molar-refractivity contribution is 5.95. The van der Waals surface area contributed by atoms with E-state index in [2.05, 4.69) is 5.32 Å². The zero-order chi connectivity index (χ0) is 19.0. The van der Waals surface area contributed by atoms with Crippen molar-refractivity contribution in [1.82, 2.24) is 5.32 Å². The maximum Gasteiger partial charge on any atom is 0.257 e. The van der Waals surface area contributed by atoms with Crippen molar-refractivity contribution in [3.8, 4) is 0 Å². The van der Waals surface area contributed by atoms with Crippen LogP contribution >= 0.6 is 0 Å². The fourth-order valence-corrected chi connectivity index (χ4v) is 3.18. The van der Waals surface area contributed by atoms with Gasteiger partial charge < -0.3 is 5.32 Å². The first-order chi connectivity index (χ1) is 12.3. The number of hydrogen-bond donors (Lipinski definition) is 1. The van der Waals surface area contributed by atoms with Crippen LogP contribution in [0.3, 0.4) is 0 Å². The fourth-order valence-electron chi connectivity index (χ4n) is 3.18. The highest BCUT2D eigenvalue weighted by atomic mass is 19.2. The van der Waals surface area contributed by atoms with Gasteiger partial charge >= 0.3 is 0 Å². The van der Waals surface area contributed by atoms with Crippen molar-refractivity contribution in [2.75, 3.05) is 0 Å². The lowest BCUT2D eigenvalue weighted by molar-refractivity contribution is 0.0928. The van der Waals surface area contributed by atoms with Crippen LogP contribution in [0.2, 0.25) is 0 Å². The Morgan fingerprint density at radius 3 is 2.04 bits per heavy atom. The third-order valence-electron chi connectivity index (χ3n) is 4.66. The SMILES string of the molecule is CC(NC(=O)c1c(F)c(F)c(F)c(F)c1F)c1ccc2c(c1)CCCC2. The minimum atomic E-state index is -2.29. The molecule has 2 nitrogen and oxygen atoms in total. The second-order valence-electron chi connectivity index (χ2n) is 6.38. The number of fused-ring (bicyclic) bond motifs is 1. The largest absolute Gasteiger partial charge is 0.345 e. The van der Waals surface area contributed by atoms with E-state index in [1.807, 2.05) is 12.1 Å². The summed E-state index contributed by atoms with van der Waals surface area (Å²) in [6, 6.07) is 4.96. The van der Waals surface area contributed by atoms with Crippen molar-refractivity contribution in [2.45, 2.75) is 38.6 Å². The summed E-state index contributed by atoms with van der Waals surface area (Å²) >= 11 is 0. The molecule has 1 aliphatic carbocycles. The summed E-state index contributed by atoms with van der Waals surface area (Å²) in [5, 5.41) is 2.30. The summed E-state index contributed by atoms with van der Waals surface area (Å²) in [6.07, 6.45) is 4.04. The van der Waals surface area contributed by atoms with Crippen LogP contribution in [0.5, 0.6) is 0 Å². The van der Waals surface area contributed by atoms with Gasteiger partial charge in [0.15, 0.2) is 23.3 Å². The van der Waals surface area contributed by atoms with E-state index in [9.17, 15) is 26.7 Å².